The Kier molecular flexibility index (Phi) is 4.11. The van der Waals surface area contributed by atoms with Crippen LogP contribution >= 0.6 is 11.6 Å². The predicted molar refractivity (Wildman–Crippen MR) is 92.0 cm³/mol. The van der Waals surface area contributed by atoms with Gasteiger partial charge in [0.1, 0.15) is 11.5 Å². The molecule has 0 aromatic heterocycles. The van der Waals surface area contributed by atoms with Gasteiger partial charge < -0.3 is 5.32 Å². The van der Waals surface area contributed by atoms with Crippen LogP contribution in [0.25, 0.3) is 0 Å². The van der Waals surface area contributed by atoms with Gasteiger partial charge in [-0.1, -0.05) is 41.9 Å². The van der Waals surface area contributed by atoms with Crippen molar-refractivity contribution in [1.29, 1.82) is 5.41 Å². The summed E-state index contributed by atoms with van der Waals surface area (Å²) in [6, 6.07) is 17.9. The van der Waals surface area contributed by atoms with Crippen molar-refractivity contribution < 1.29 is 0 Å². The third kappa shape index (κ3) is 2.83. The lowest BCUT2D eigenvalue weighted by Gasteiger charge is -2.24. The molecule has 2 N–H and O–H groups in total. The van der Waals surface area contributed by atoms with Gasteiger partial charge in [0.05, 0.1) is 11.7 Å². The number of halogens is 1. The summed E-state index contributed by atoms with van der Waals surface area (Å²) in [5.74, 6) is 0.359. The molecule has 0 fully saturated rings. The average molecular weight is 313 g/mol. The Morgan fingerprint density at radius 1 is 1.18 bits per heavy atom. The van der Waals surface area contributed by atoms with Crippen LogP contribution in [0, 0.1) is 5.41 Å². The summed E-state index contributed by atoms with van der Waals surface area (Å²) in [4.78, 5) is 0. The first kappa shape index (κ1) is 14.6. The van der Waals surface area contributed by atoms with E-state index in [9.17, 15) is 0 Å². The maximum absolute atomic E-state index is 7.98. The molecule has 1 unspecified atom stereocenters. The summed E-state index contributed by atoms with van der Waals surface area (Å²) in [6.45, 7) is 0. The minimum atomic E-state index is 0.0890. The van der Waals surface area contributed by atoms with Crippen molar-refractivity contribution in [3.05, 3.63) is 65.2 Å². The summed E-state index contributed by atoms with van der Waals surface area (Å²) in [7, 11) is 1.74. The van der Waals surface area contributed by atoms with E-state index >= 15 is 0 Å². The number of hydrogen-bond acceptors (Lipinski definition) is 3. The van der Waals surface area contributed by atoms with E-state index in [1.807, 2.05) is 47.5 Å². The van der Waals surface area contributed by atoms with Crippen LogP contribution in [0.1, 0.15) is 18.0 Å². The standard InChI is InChI=1S/C17H17ClN4/c1-20-17(19)15-11-16(12-5-3-2-4-6-12)22(21-15)14-9-7-13(18)8-10-14/h2-10,16H,11H2,1H3,(H2,19,20). The quantitative estimate of drug-likeness (QED) is 0.668. The molecule has 1 aliphatic heterocycles. The van der Waals surface area contributed by atoms with Crippen LogP contribution in [0.4, 0.5) is 5.69 Å². The summed E-state index contributed by atoms with van der Waals surface area (Å²) in [5, 5.41) is 18.2. The smallest absolute Gasteiger partial charge is 0.141 e. The van der Waals surface area contributed by atoms with Crippen LogP contribution in [0.15, 0.2) is 59.7 Å². The number of amidine groups is 1. The van der Waals surface area contributed by atoms with Gasteiger partial charge in [0.25, 0.3) is 0 Å². The SMILES string of the molecule is CNC(=N)C1=NN(c2ccc(Cl)cc2)C(c2ccccc2)C1. The highest BCUT2D eigenvalue weighted by Gasteiger charge is 2.30. The number of anilines is 1. The highest BCUT2D eigenvalue weighted by molar-refractivity contribution is 6.41. The Balaban J connectivity index is 1.98. The van der Waals surface area contributed by atoms with Crippen LogP contribution in [-0.2, 0) is 0 Å². The van der Waals surface area contributed by atoms with Gasteiger partial charge in [-0.05, 0) is 29.8 Å². The summed E-state index contributed by atoms with van der Waals surface area (Å²) >= 11 is 5.97. The Morgan fingerprint density at radius 3 is 2.50 bits per heavy atom. The van der Waals surface area contributed by atoms with Crippen molar-refractivity contribution in [3.8, 4) is 0 Å². The van der Waals surface area contributed by atoms with Crippen molar-refractivity contribution in [2.24, 2.45) is 5.10 Å². The van der Waals surface area contributed by atoms with Crippen LogP contribution in [0.3, 0.4) is 0 Å². The van der Waals surface area contributed by atoms with Crippen LogP contribution < -0.4 is 10.3 Å². The molecule has 2 aromatic carbocycles. The molecular weight excluding hydrogens is 296 g/mol. The fraction of sp³-hybridized carbons (Fsp3) is 0.176. The zero-order chi connectivity index (χ0) is 15.5. The van der Waals surface area contributed by atoms with E-state index in [4.69, 9.17) is 17.0 Å². The van der Waals surface area contributed by atoms with Crippen molar-refractivity contribution in [3.63, 3.8) is 0 Å². The lowest BCUT2D eigenvalue weighted by Crippen LogP contribution is -2.25. The van der Waals surface area contributed by atoms with Gasteiger partial charge >= 0.3 is 0 Å². The molecule has 0 bridgehead atoms. The molecule has 0 radical (unpaired) electrons. The third-order valence-corrected chi connectivity index (χ3v) is 3.98. The first-order chi connectivity index (χ1) is 10.7. The Morgan fingerprint density at radius 2 is 1.86 bits per heavy atom. The van der Waals surface area contributed by atoms with E-state index in [0.717, 1.165) is 11.4 Å². The molecule has 0 amide bonds. The maximum Gasteiger partial charge on any atom is 0.141 e. The van der Waals surface area contributed by atoms with Crippen LogP contribution in [0.2, 0.25) is 5.02 Å². The number of nitrogens with zero attached hydrogens (tertiary/aromatic N) is 2. The Bertz CT molecular complexity index is 694. The first-order valence-corrected chi connectivity index (χ1v) is 7.50. The van der Waals surface area contributed by atoms with E-state index in [1.54, 1.807) is 7.05 Å². The zero-order valence-electron chi connectivity index (χ0n) is 12.3. The van der Waals surface area contributed by atoms with Crippen molar-refractivity contribution in [1.82, 2.24) is 5.32 Å². The second kappa shape index (κ2) is 6.20. The minimum absolute atomic E-state index is 0.0890. The summed E-state index contributed by atoms with van der Waals surface area (Å²) in [5.41, 5.74) is 2.91. The van der Waals surface area contributed by atoms with Gasteiger partial charge in [0, 0.05) is 18.5 Å². The van der Waals surface area contributed by atoms with E-state index in [-0.39, 0.29) is 6.04 Å². The molecular formula is C17H17ClN4. The maximum atomic E-state index is 7.98. The highest BCUT2D eigenvalue weighted by atomic mass is 35.5. The van der Waals surface area contributed by atoms with E-state index in [1.165, 1.54) is 5.56 Å². The largest absolute Gasteiger partial charge is 0.372 e. The van der Waals surface area contributed by atoms with E-state index < -0.39 is 0 Å². The van der Waals surface area contributed by atoms with Crippen molar-refractivity contribution >= 4 is 28.8 Å². The van der Waals surface area contributed by atoms with Gasteiger partial charge in [0.2, 0.25) is 0 Å². The number of hydrazone groups is 1. The lowest BCUT2D eigenvalue weighted by atomic mass is 10.0. The lowest BCUT2D eigenvalue weighted by molar-refractivity contribution is 0.709. The van der Waals surface area contributed by atoms with Gasteiger partial charge in [0.15, 0.2) is 0 Å². The molecule has 5 heteroatoms. The van der Waals surface area contributed by atoms with Crippen molar-refractivity contribution in [2.75, 3.05) is 12.1 Å². The van der Waals surface area contributed by atoms with Gasteiger partial charge in [-0.3, -0.25) is 10.4 Å². The molecule has 0 saturated heterocycles. The molecule has 1 atom stereocenters. The molecule has 112 valence electrons. The fourth-order valence-corrected chi connectivity index (χ4v) is 2.70. The average Bonchev–Trinajstić information content (AvgIpc) is 3.01. The van der Waals surface area contributed by atoms with Crippen LogP contribution in [0.5, 0.6) is 0 Å². The number of hydrogen-bond donors (Lipinski definition) is 2. The molecule has 0 spiro atoms. The second-order valence-electron chi connectivity index (χ2n) is 5.12. The minimum Gasteiger partial charge on any atom is -0.372 e. The zero-order valence-corrected chi connectivity index (χ0v) is 13.0. The Labute approximate surface area is 134 Å². The highest BCUT2D eigenvalue weighted by Crippen LogP contribution is 2.35. The fourth-order valence-electron chi connectivity index (χ4n) is 2.57. The van der Waals surface area contributed by atoms with E-state index in [0.29, 0.717) is 17.3 Å². The van der Waals surface area contributed by atoms with Crippen LogP contribution in [-0.4, -0.2) is 18.6 Å². The topological polar surface area (TPSA) is 51.5 Å². The molecule has 1 heterocycles. The molecule has 4 nitrogen and oxygen atoms in total. The van der Waals surface area contributed by atoms with Gasteiger partial charge in [-0.2, -0.15) is 5.10 Å². The summed E-state index contributed by atoms with van der Waals surface area (Å²) in [6.07, 6.45) is 0.701. The number of benzene rings is 2. The molecule has 1 aliphatic rings. The molecule has 0 saturated carbocycles. The van der Waals surface area contributed by atoms with E-state index in [2.05, 4.69) is 22.6 Å². The van der Waals surface area contributed by atoms with Gasteiger partial charge in [-0.25, -0.2) is 0 Å². The molecule has 3 rings (SSSR count). The third-order valence-electron chi connectivity index (χ3n) is 3.72. The number of nitrogens with one attached hydrogen (secondary N) is 2. The normalized spacial score (nSPS) is 17.3. The monoisotopic (exact) mass is 312 g/mol. The first-order valence-electron chi connectivity index (χ1n) is 7.13. The summed E-state index contributed by atoms with van der Waals surface area (Å²) < 4.78 is 0. The van der Waals surface area contributed by atoms with Crippen molar-refractivity contribution in [2.45, 2.75) is 12.5 Å². The number of rotatable bonds is 3. The predicted octanol–water partition coefficient (Wildman–Crippen LogP) is 3.84. The van der Waals surface area contributed by atoms with Gasteiger partial charge in [-0.15, -0.1) is 0 Å². The molecule has 22 heavy (non-hydrogen) atoms. The second-order valence-corrected chi connectivity index (χ2v) is 5.56. The Hall–Kier alpha value is -2.33. The molecule has 2 aromatic rings. The molecule has 0 aliphatic carbocycles.